The molecule has 0 atom stereocenters. The highest BCUT2D eigenvalue weighted by Crippen LogP contribution is 2.14. The van der Waals surface area contributed by atoms with E-state index in [2.05, 4.69) is 15.9 Å². The topological polar surface area (TPSA) is 35.0 Å². The van der Waals surface area contributed by atoms with Gasteiger partial charge >= 0.3 is 0 Å². The van der Waals surface area contributed by atoms with Crippen molar-refractivity contribution in [2.45, 2.75) is 26.7 Å². The molecule has 0 aliphatic heterocycles. The van der Waals surface area contributed by atoms with Crippen molar-refractivity contribution in [2.24, 2.45) is 0 Å². The molecular weight excluding hydrogens is 176 g/mol. The van der Waals surface area contributed by atoms with Crippen molar-refractivity contribution in [3.05, 3.63) is 17.6 Å². The van der Waals surface area contributed by atoms with E-state index in [1.807, 2.05) is 20.8 Å². The average Bonchev–Trinajstić information content (AvgIpc) is 2.14. The average molecular weight is 190 g/mol. The van der Waals surface area contributed by atoms with Gasteiger partial charge in [0, 0.05) is 17.7 Å². The maximum Gasteiger partial charge on any atom is 0.217 e. The van der Waals surface area contributed by atoms with Crippen LogP contribution < -0.4 is 4.74 Å². The maximum absolute atomic E-state index is 5.24. The van der Waals surface area contributed by atoms with Crippen LogP contribution in [0.25, 0.3) is 0 Å². The van der Waals surface area contributed by atoms with E-state index in [0.717, 1.165) is 11.5 Å². The summed E-state index contributed by atoms with van der Waals surface area (Å²) in [5.74, 6) is 4.04. The van der Waals surface area contributed by atoms with Crippen LogP contribution in [0.1, 0.15) is 31.3 Å². The number of rotatable bonds is 3. The van der Waals surface area contributed by atoms with E-state index in [1.54, 1.807) is 6.07 Å². The summed E-state index contributed by atoms with van der Waals surface area (Å²) in [6, 6.07) is 1.78. The first-order chi connectivity index (χ1) is 6.63. The zero-order valence-electron chi connectivity index (χ0n) is 8.74. The highest BCUT2D eigenvalue weighted by Gasteiger charge is 2.06. The lowest BCUT2D eigenvalue weighted by atomic mass is 10.2. The predicted octanol–water partition coefficient (Wildman–Crippen LogP) is 1.92. The minimum atomic E-state index is 0.244. The summed E-state index contributed by atoms with van der Waals surface area (Å²) in [7, 11) is 0. The van der Waals surface area contributed by atoms with E-state index in [1.165, 1.54) is 0 Å². The summed E-state index contributed by atoms with van der Waals surface area (Å²) in [6.45, 7) is 6.24. The molecule has 0 unspecified atom stereocenters. The Morgan fingerprint density at radius 3 is 2.79 bits per heavy atom. The monoisotopic (exact) mass is 190 g/mol. The number of nitrogens with zero attached hydrogens (tertiary/aromatic N) is 2. The number of hydrogen-bond donors (Lipinski definition) is 0. The Bertz CT molecular complexity index is 353. The Labute approximate surface area is 84.5 Å². The van der Waals surface area contributed by atoms with Gasteiger partial charge in [-0.05, 0) is 6.92 Å². The third-order valence-corrected chi connectivity index (χ3v) is 1.67. The van der Waals surface area contributed by atoms with Crippen LogP contribution in [0.15, 0.2) is 6.07 Å². The number of hydrogen-bond acceptors (Lipinski definition) is 3. The molecule has 0 amide bonds. The van der Waals surface area contributed by atoms with Crippen molar-refractivity contribution < 1.29 is 4.74 Å². The third kappa shape index (κ3) is 2.74. The van der Waals surface area contributed by atoms with Crippen molar-refractivity contribution in [3.63, 3.8) is 0 Å². The number of terminal acetylenes is 1. The van der Waals surface area contributed by atoms with Gasteiger partial charge in [-0.15, -0.1) is 6.42 Å². The van der Waals surface area contributed by atoms with Crippen LogP contribution in [-0.4, -0.2) is 16.6 Å². The highest BCUT2D eigenvalue weighted by molar-refractivity contribution is 5.17. The number of aryl methyl sites for hydroxylation is 1. The zero-order valence-corrected chi connectivity index (χ0v) is 8.74. The Balaban J connectivity index is 2.90. The first-order valence-electron chi connectivity index (χ1n) is 4.55. The van der Waals surface area contributed by atoms with E-state index in [-0.39, 0.29) is 6.61 Å². The van der Waals surface area contributed by atoms with Crippen LogP contribution in [0.3, 0.4) is 0 Å². The second-order valence-corrected chi connectivity index (χ2v) is 3.35. The molecule has 1 heterocycles. The molecule has 0 saturated heterocycles. The van der Waals surface area contributed by atoms with Gasteiger partial charge in [-0.1, -0.05) is 19.8 Å². The molecule has 0 aliphatic rings. The number of ether oxygens (including phenoxy) is 1. The second kappa shape index (κ2) is 4.61. The van der Waals surface area contributed by atoms with E-state index in [0.29, 0.717) is 11.8 Å². The fourth-order valence-corrected chi connectivity index (χ4v) is 1.01. The molecule has 74 valence electrons. The van der Waals surface area contributed by atoms with Crippen LogP contribution in [0.2, 0.25) is 0 Å². The van der Waals surface area contributed by atoms with Crippen molar-refractivity contribution >= 4 is 0 Å². The summed E-state index contributed by atoms with van der Waals surface area (Å²) in [4.78, 5) is 8.54. The largest absolute Gasteiger partial charge is 0.464 e. The minimum absolute atomic E-state index is 0.244. The van der Waals surface area contributed by atoms with E-state index < -0.39 is 0 Å². The van der Waals surface area contributed by atoms with Gasteiger partial charge < -0.3 is 4.74 Å². The lowest BCUT2D eigenvalue weighted by molar-refractivity contribution is 0.352. The Morgan fingerprint density at radius 1 is 1.50 bits per heavy atom. The molecule has 14 heavy (non-hydrogen) atoms. The standard InChI is InChI=1S/C11H14N2O/c1-5-6-14-10-7-9(4)12-11(13-10)8(2)3/h1,7-8H,6H2,2-4H3. The zero-order chi connectivity index (χ0) is 10.6. The lowest BCUT2D eigenvalue weighted by Gasteiger charge is -2.07. The van der Waals surface area contributed by atoms with Gasteiger partial charge in [-0.2, -0.15) is 4.98 Å². The molecule has 1 aromatic heterocycles. The fraction of sp³-hybridized carbons (Fsp3) is 0.455. The Hall–Kier alpha value is -1.56. The van der Waals surface area contributed by atoms with Crippen LogP contribution in [0.4, 0.5) is 0 Å². The minimum Gasteiger partial charge on any atom is -0.464 e. The predicted molar refractivity (Wildman–Crippen MR) is 55.2 cm³/mol. The van der Waals surface area contributed by atoms with Crippen LogP contribution >= 0.6 is 0 Å². The summed E-state index contributed by atoms with van der Waals surface area (Å²) in [5, 5.41) is 0. The summed E-state index contributed by atoms with van der Waals surface area (Å²) >= 11 is 0. The molecule has 0 aromatic carbocycles. The van der Waals surface area contributed by atoms with Crippen LogP contribution in [-0.2, 0) is 0 Å². The molecule has 0 aliphatic carbocycles. The molecule has 1 aromatic rings. The first kappa shape index (κ1) is 10.5. The molecular formula is C11H14N2O. The molecule has 0 radical (unpaired) electrons. The molecule has 3 nitrogen and oxygen atoms in total. The van der Waals surface area contributed by atoms with Gasteiger partial charge in [-0.3, -0.25) is 0 Å². The molecule has 0 N–H and O–H groups in total. The Morgan fingerprint density at radius 2 is 2.21 bits per heavy atom. The smallest absolute Gasteiger partial charge is 0.217 e. The van der Waals surface area contributed by atoms with Gasteiger partial charge in [-0.25, -0.2) is 4.98 Å². The maximum atomic E-state index is 5.24. The molecule has 0 bridgehead atoms. The van der Waals surface area contributed by atoms with E-state index in [9.17, 15) is 0 Å². The number of aromatic nitrogens is 2. The quantitative estimate of drug-likeness (QED) is 0.683. The van der Waals surface area contributed by atoms with Gasteiger partial charge in [0.05, 0.1) is 0 Å². The highest BCUT2D eigenvalue weighted by atomic mass is 16.5. The fourth-order valence-electron chi connectivity index (χ4n) is 1.01. The van der Waals surface area contributed by atoms with Gasteiger partial charge in [0.1, 0.15) is 5.82 Å². The Kier molecular flexibility index (Phi) is 3.47. The van der Waals surface area contributed by atoms with Gasteiger partial charge in [0.2, 0.25) is 5.88 Å². The summed E-state index contributed by atoms with van der Waals surface area (Å²) < 4.78 is 5.24. The van der Waals surface area contributed by atoms with Crippen LogP contribution in [0, 0.1) is 19.3 Å². The SMILES string of the molecule is C#CCOc1cc(C)nc(C(C)C)n1. The van der Waals surface area contributed by atoms with E-state index >= 15 is 0 Å². The molecule has 3 heteroatoms. The lowest BCUT2D eigenvalue weighted by Crippen LogP contribution is -2.03. The second-order valence-electron chi connectivity index (χ2n) is 3.35. The molecule has 0 fully saturated rings. The first-order valence-corrected chi connectivity index (χ1v) is 4.55. The molecule has 1 rings (SSSR count). The van der Waals surface area contributed by atoms with Crippen molar-refractivity contribution in [2.75, 3.05) is 6.61 Å². The van der Waals surface area contributed by atoms with Crippen molar-refractivity contribution in [1.29, 1.82) is 0 Å². The van der Waals surface area contributed by atoms with Crippen LogP contribution in [0.5, 0.6) is 5.88 Å². The van der Waals surface area contributed by atoms with Gasteiger partial charge in [0.15, 0.2) is 6.61 Å². The van der Waals surface area contributed by atoms with Crippen molar-refractivity contribution in [3.8, 4) is 18.2 Å². The normalized spacial score (nSPS) is 9.93. The summed E-state index contributed by atoms with van der Waals surface area (Å²) in [5.41, 5.74) is 0.899. The van der Waals surface area contributed by atoms with Crippen molar-refractivity contribution in [1.82, 2.24) is 9.97 Å². The summed E-state index contributed by atoms with van der Waals surface area (Å²) in [6.07, 6.45) is 5.09. The molecule has 0 spiro atoms. The third-order valence-electron chi connectivity index (χ3n) is 1.67. The van der Waals surface area contributed by atoms with Gasteiger partial charge in [0.25, 0.3) is 0 Å². The molecule has 0 saturated carbocycles. The van der Waals surface area contributed by atoms with E-state index in [4.69, 9.17) is 11.2 Å².